The molecule has 0 fully saturated rings. The molecular formula is C73H76F4N2O12. The number of ether oxygens (including phenoxy) is 4. The predicted octanol–water partition coefficient (Wildman–Crippen LogP) is 15.7. The van der Waals surface area contributed by atoms with Crippen LogP contribution in [0.2, 0.25) is 0 Å². The Bertz CT molecular complexity index is 3790. The van der Waals surface area contributed by atoms with Gasteiger partial charge >= 0.3 is 18.1 Å². The highest BCUT2D eigenvalue weighted by Crippen LogP contribution is 2.42. The number of aliphatic carboxylic acids is 2. The van der Waals surface area contributed by atoms with E-state index < -0.39 is 29.4 Å². The molecule has 0 amide bonds. The molecule has 0 atom stereocenters. The molecule has 478 valence electrons. The lowest BCUT2D eigenvalue weighted by molar-refractivity contribution is -0.191. The van der Waals surface area contributed by atoms with Crippen LogP contribution in [0.4, 0.5) is 17.6 Å². The second kappa shape index (κ2) is 35.5. The highest BCUT2D eigenvalue weighted by atomic mass is 19.1. The maximum absolute atomic E-state index is 15.4. The Morgan fingerprint density at radius 1 is 0.484 bits per heavy atom. The summed E-state index contributed by atoms with van der Waals surface area (Å²) in [4.78, 5) is 59.3. The van der Waals surface area contributed by atoms with E-state index in [1.54, 1.807) is 25.3 Å². The number of unbranched alkanes of at least 4 members (excludes halogenated alkanes) is 2. The molecule has 0 aliphatic heterocycles. The predicted molar refractivity (Wildman–Crippen MR) is 344 cm³/mol. The van der Waals surface area contributed by atoms with E-state index >= 15 is 8.78 Å². The maximum Gasteiger partial charge on any atom is 0.373 e. The summed E-state index contributed by atoms with van der Waals surface area (Å²) in [5.74, 6) is -2.27. The monoisotopic (exact) mass is 1250 g/mol. The molecule has 0 saturated heterocycles. The van der Waals surface area contributed by atoms with Crippen molar-refractivity contribution in [2.75, 3.05) is 41.5 Å². The molecule has 0 heterocycles. The van der Waals surface area contributed by atoms with Gasteiger partial charge in [-0.1, -0.05) is 92.6 Å². The van der Waals surface area contributed by atoms with Crippen molar-refractivity contribution in [3.8, 4) is 89.8 Å². The Kier molecular flexibility index (Phi) is 28.1. The van der Waals surface area contributed by atoms with Gasteiger partial charge in [0.05, 0.1) is 39.6 Å². The van der Waals surface area contributed by atoms with Gasteiger partial charge in [-0.3, -0.25) is 19.2 Å². The molecule has 18 heteroatoms. The third-order valence-corrected chi connectivity index (χ3v) is 15.4. The zero-order valence-corrected chi connectivity index (χ0v) is 52.5. The van der Waals surface area contributed by atoms with Crippen molar-refractivity contribution in [2.45, 2.75) is 92.5 Å². The molecule has 8 aromatic carbocycles. The summed E-state index contributed by atoms with van der Waals surface area (Å²) < 4.78 is 81.7. The van der Waals surface area contributed by atoms with E-state index in [2.05, 4.69) is 18.3 Å². The van der Waals surface area contributed by atoms with E-state index in [0.717, 1.165) is 91.6 Å². The largest absolute Gasteiger partial charge is 0.496 e. The molecule has 14 nitrogen and oxygen atoms in total. The van der Waals surface area contributed by atoms with Crippen molar-refractivity contribution in [1.82, 2.24) is 5.32 Å². The SMILES string of the molecule is CCCCCc1c(F)cc(-c2cccc(-c3cccc(-c4cc(F)c(CNCCCC(=O)O)c(OC)c4)c3C)c2C)cc1OC.COc1cc(-c2cccc(-c3cccc(-c4cc(F)c(C=O)c(OC)c4)c3C)c2C)cc(F)c1C=O.NCCCC(=O)O.O=C=O. The second-order valence-electron chi connectivity index (χ2n) is 21.1. The van der Waals surface area contributed by atoms with E-state index in [1.807, 2.05) is 107 Å². The van der Waals surface area contributed by atoms with Gasteiger partial charge in [-0.05, 0) is 204 Å². The smallest absolute Gasteiger partial charge is 0.373 e. The molecule has 0 bridgehead atoms. The van der Waals surface area contributed by atoms with Crippen LogP contribution in [0.15, 0.2) is 121 Å². The molecule has 0 aliphatic rings. The number of methoxy groups -OCH3 is 4. The van der Waals surface area contributed by atoms with Gasteiger partial charge < -0.3 is 40.2 Å². The third-order valence-electron chi connectivity index (χ3n) is 15.4. The van der Waals surface area contributed by atoms with E-state index in [1.165, 1.54) is 39.5 Å². The molecular weight excluding hydrogens is 1170 g/mol. The number of hydrogen-bond donors (Lipinski definition) is 4. The molecule has 91 heavy (non-hydrogen) atoms. The number of nitrogens with two attached hydrogens (primary N) is 1. The third kappa shape index (κ3) is 18.4. The number of carbonyl (C=O) groups is 4. The van der Waals surface area contributed by atoms with E-state index in [-0.39, 0.29) is 54.0 Å². The minimum atomic E-state index is -0.856. The topological polar surface area (TPSA) is 218 Å². The van der Waals surface area contributed by atoms with Crippen LogP contribution in [0.25, 0.3) is 66.8 Å². The van der Waals surface area contributed by atoms with Crippen LogP contribution in [0.3, 0.4) is 0 Å². The van der Waals surface area contributed by atoms with Gasteiger partial charge in [-0.25, -0.2) is 17.6 Å². The van der Waals surface area contributed by atoms with Crippen LogP contribution in [0.5, 0.6) is 23.0 Å². The zero-order valence-electron chi connectivity index (χ0n) is 52.5. The highest BCUT2D eigenvalue weighted by molar-refractivity contribution is 5.89. The minimum Gasteiger partial charge on any atom is -0.496 e. The number of hydrogen-bond acceptors (Lipinski definition) is 12. The number of rotatable bonds is 25. The molecule has 8 aromatic rings. The Morgan fingerprint density at radius 3 is 1.12 bits per heavy atom. The fourth-order valence-corrected chi connectivity index (χ4v) is 10.7. The van der Waals surface area contributed by atoms with Gasteiger partial charge in [0.2, 0.25) is 0 Å². The zero-order chi connectivity index (χ0) is 66.9. The fourth-order valence-electron chi connectivity index (χ4n) is 10.7. The number of nitrogens with one attached hydrogen (secondary N) is 1. The van der Waals surface area contributed by atoms with Crippen molar-refractivity contribution >= 4 is 30.7 Å². The number of aldehydes is 2. The van der Waals surface area contributed by atoms with Gasteiger partial charge in [-0.2, -0.15) is 9.59 Å². The van der Waals surface area contributed by atoms with Gasteiger partial charge in [0.25, 0.3) is 0 Å². The minimum absolute atomic E-state index is 0.0556. The summed E-state index contributed by atoms with van der Waals surface area (Å²) in [6.45, 7) is 11.2. The van der Waals surface area contributed by atoms with Crippen molar-refractivity contribution in [2.24, 2.45) is 5.73 Å². The van der Waals surface area contributed by atoms with E-state index in [0.29, 0.717) is 84.2 Å². The average Bonchev–Trinajstić information content (AvgIpc) is 0.881. The first-order valence-electron chi connectivity index (χ1n) is 29.3. The highest BCUT2D eigenvalue weighted by Gasteiger charge is 2.22. The van der Waals surface area contributed by atoms with Gasteiger partial charge in [0, 0.05) is 30.5 Å². The molecule has 0 aliphatic carbocycles. The molecule has 0 radical (unpaired) electrons. The second-order valence-corrected chi connectivity index (χ2v) is 21.1. The van der Waals surface area contributed by atoms with Crippen LogP contribution in [-0.4, -0.2) is 82.4 Å². The summed E-state index contributed by atoms with van der Waals surface area (Å²) in [6, 6.07) is 36.3. The lowest BCUT2D eigenvalue weighted by atomic mass is 9.87. The summed E-state index contributed by atoms with van der Waals surface area (Å²) >= 11 is 0. The molecule has 5 N–H and O–H groups in total. The number of benzene rings is 8. The molecule has 0 spiro atoms. The number of carboxylic acid groups (broad SMARTS) is 2. The van der Waals surface area contributed by atoms with Crippen LogP contribution < -0.4 is 30.0 Å². The van der Waals surface area contributed by atoms with Crippen molar-refractivity contribution in [3.63, 3.8) is 0 Å². The normalized spacial score (nSPS) is 10.5. The maximum atomic E-state index is 15.4. The Labute approximate surface area is 528 Å². The summed E-state index contributed by atoms with van der Waals surface area (Å²) in [5, 5.41) is 19.9. The summed E-state index contributed by atoms with van der Waals surface area (Å²) in [7, 11) is 5.88. The van der Waals surface area contributed by atoms with Crippen molar-refractivity contribution < 1.29 is 75.5 Å². The number of halogens is 4. The average molecular weight is 1250 g/mol. The Morgan fingerprint density at radius 2 is 0.802 bits per heavy atom. The van der Waals surface area contributed by atoms with Gasteiger partial charge in [0.15, 0.2) is 12.6 Å². The molecule has 0 unspecified atom stereocenters. The standard InChI is InChI=1S/C38H43F2NO4.C30H24F2O4.C4H9NO2.CO2/c1-6-7-8-12-32-34(39)19-26(21-36(32)44-4)28-13-9-15-30(24(28)2)31-16-10-14-29(25(31)3)27-20-35(40)33(37(22-27)45-5)23-41-18-11-17-38(42)43;1-17-21(19-11-27(31)25(15-33)29(13-19)35-3)7-5-9-23(17)24-10-6-8-22(18(24)2)20-12-28(32)26(16-34)30(14-20)36-4;5-3-1-2-4(6)7;2-1-3/h9-10,13-16,19-22,41H,6-8,11-12,17-18,23H2,1-5H3,(H,42,43);5-16H,1-4H3;1-3,5H2,(H,6,7);. The van der Waals surface area contributed by atoms with Crippen molar-refractivity contribution in [3.05, 3.63) is 189 Å². The first-order chi connectivity index (χ1) is 43.7. The fraction of sp³-hybridized carbons (Fsp3) is 0.274. The van der Waals surface area contributed by atoms with Gasteiger partial charge in [-0.15, -0.1) is 0 Å². The van der Waals surface area contributed by atoms with Crippen molar-refractivity contribution in [1.29, 1.82) is 0 Å². The van der Waals surface area contributed by atoms with Gasteiger partial charge in [0.1, 0.15) is 46.3 Å². The van der Waals surface area contributed by atoms with Crippen LogP contribution in [0, 0.1) is 51.0 Å². The van der Waals surface area contributed by atoms with Crippen LogP contribution >= 0.6 is 0 Å². The lowest BCUT2D eigenvalue weighted by Gasteiger charge is -2.18. The first kappa shape index (κ1) is 72.0. The van der Waals surface area contributed by atoms with Crippen LogP contribution in [-0.2, 0) is 32.1 Å². The van der Waals surface area contributed by atoms with Crippen LogP contribution in [0.1, 0.15) is 106 Å². The number of carbonyl (C=O) groups excluding carboxylic acids is 4. The first-order valence-corrected chi connectivity index (χ1v) is 29.3. The molecule has 0 aromatic heterocycles. The molecule has 0 saturated carbocycles. The molecule has 8 rings (SSSR count). The quantitative estimate of drug-likeness (QED) is 0.0238. The summed E-state index contributed by atoms with van der Waals surface area (Å²) in [5.41, 5.74) is 19.4. The Hall–Kier alpha value is -9.74. The summed E-state index contributed by atoms with van der Waals surface area (Å²) in [6.07, 6.45) is 6.08. The lowest BCUT2D eigenvalue weighted by Crippen LogP contribution is -2.17. The van der Waals surface area contributed by atoms with E-state index in [4.69, 9.17) is 44.5 Å². The van der Waals surface area contributed by atoms with E-state index in [9.17, 15) is 28.0 Å². The number of carboxylic acids is 2. The Balaban J connectivity index is 0.000000292.